The summed E-state index contributed by atoms with van der Waals surface area (Å²) in [5, 5.41) is 5.06. The molecule has 20 heavy (non-hydrogen) atoms. The topological polar surface area (TPSA) is 95.7 Å². The average molecular weight is 299 g/mol. The number of hydrogen-bond donors (Lipinski definition) is 1. The van der Waals surface area contributed by atoms with Crippen LogP contribution in [0.4, 0.5) is 0 Å². The number of esters is 1. The van der Waals surface area contributed by atoms with Gasteiger partial charge in [0.1, 0.15) is 6.10 Å². The molecule has 1 heterocycles. The van der Waals surface area contributed by atoms with Crippen molar-refractivity contribution in [2.45, 2.75) is 30.8 Å². The Hall–Kier alpha value is -1.44. The molecule has 7 heteroatoms. The molecule has 1 aromatic carbocycles. The molecule has 0 bridgehead atoms. The number of hydrogen-bond acceptors (Lipinski definition) is 5. The summed E-state index contributed by atoms with van der Waals surface area (Å²) in [5.41, 5.74) is 0.873. The van der Waals surface area contributed by atoms with E-state index >= 15 is 0 Å². The Balaban J connectivity index is 2.20. The van der Waals surface area contributed by atoms with Crippen LogP contribution in [0.5, 0.6) is 0 Å². The molecule has 0 radical (unpaired) electrons. The molecule has 0 amide bonds. The summed E-state index contributed by atoms with van der Waals surface area (Å²) in [5.74, 6) is -0.528. The molecule has 1 aliphatic heterocycles. The SMILES string of the molecule is Cc1ccc(S(N)(=O)=O)cc1C(=O)OC1CCOCC1. The van der Waals surface area contributed by atoms with Crippen LogP contribution in [0.15, 0.2) is 23.1 Å². The number of primary sulfonamides is 1. The predicted octanol–water partition coefficient (Wildman–Crippen LogP) is 0.978. The van der Waals surface area contributed by atoms with E-state index in [9.17, 15) is 13.2 Å². The number of benzene rings is 1. The fraction of sp³-hybridized carbons (Fsp3) is 0.462. The molecule has 0 aromatic heterocycles. The molecule has 0 unspecified atom stereocenters. The second-order valence-electron chi connectivity index (χ2n) is 4.74. The normalized spacial score (nSPS) is 16.9. The van der Waals surface area contributed by atoms with E-state index in [1.807, 2.05) is 0 Å². The van der Waals surface area contributed by atoms with Gasteiger partial charge in [-0.2, -0.15) is 0 Å². The molecular weight excluding hydrogens is 282 g/mol. The molecule has 0 spiro atoms. The van der Waals surface area contributed by atoms with Crippen molar-refractivity contribution in [2.24, 2.45) is 5.14 Å². The summed E-state index contributed by atoms with van der Waals surface area (Å²) < 4.78 is 33.2. The van der Waals surface area contributed by atoms with Crippen molar-refractivity contribution < 1.29 is 22.7 Å². The quantitative estimate of drug-likeness (QED) is 0.839. The highest BCUT2D eigenvalue weighted by Gasteiger charge is 2.21. The summed E-state index contributed by atoms with van der Waals surface area (Å²) in [6.45, 7) is 2.84. The summed E-state index contributed by atoms with van der Waals surface area (Å²) in [6, 6.07) is 4.17. The lowest BCUT2D eigenvalue weighted by Gasteiger charge is -2.22. The van der Waals surface area contributed by atoms with Crippen LogP contribution < -0.4 is 5.14 Å². The smallest absolute Gasteiger partial charge is 0.338 e. The lowest BCUT2D eigenvalue weighted by atomic mass is 10.1. The average Bonchev–Trinajstić information content (AvgIpc) is 2.39. The van der Waals surface area contributed by atoms with Gasteiger partial charge in [-0.3, -0.25) is 0 Å². The minimum Gasteiger partial charge on any atom is -0.459 e. The van der Waals surface area contributed by atoms with Crippen LogP contribution in [-0.2, 0) is 19.5 Å². The highest BCUT2D eigenvalue weighted by Crippen LogP contribution is 2.18. The maximum absolute atomic E-state index is 12.1. The van der Waals surface area contributed by atoms with Gasteiger partial charge in [0.2, 0.25) is 10.0 Å². The van der Waals surface area contributed by atoms with Gasteiger partial charge in [-0.05, 0) is 24.6 Å². The minimum atomic E-state index is -3.84. The van der Waals surface area contributed by atoms with Crippen molar-refractivity contribution in [3.05, 3.63) is 29.3 Å². The molecule has 1 saturated heterocycles. The second kappa shape index (κ2) is 5.90. The maximum atomic E-state index is 12.1. The van der Waals surface area contributed by atoms with Crippen LogP contribution in [0.2, 0.25) is 0 Å². The Morgan fingerprint density at radius 3 is 2.60 bits per heavy atom. The van der Waals surface area contributed by atoms with Crippen LogP contribution in [0.25, 0.3) is 0 Å². The number of sulfonamides is 1. The van der Waals surface area contributed by atoms with E-state index in [1.54, 1.807) is 13.0 Å². The molecule has 110 valence electrons. The largest absolute Gasteiger partial charge is 0.459 e. The van der Waals surface area contributed by atoms with E-state index in [4.69, 9.17) is 14.6 Å². The van der Waals surface area contributed by atoms with E-state index in [0.717, 1.165) is 0 Å². The van der Waals surface area contributed by atoms with E-state index < -0.39 is 16.0 Å². The summed E-state index contributed by atoms with van der Waals surface area (Å²) in [4.78, 5) is 12.0. The summed E-state index contributed by atoms with van der Waals surface area (Å²) >= 11 is 0. The first kappa shape index (κ1) is 15.0. The van der Waals surface area contributed by atoms with Crippen molar-refractivity contribution in [1.29, 1.82) is 0 Å². The monoisotopic (exact) mass is 299 g/mol. The third-order valence-electron chi connectivity index (χ3n) is 3.20. The molecule has 1 fully saturated rings. The van der Waals surface area contributed by atoms with Gasteiger partial charge in [0.15, 0.2) is 0 Å². The number of carbonyl (C=O) groups is 1. The number of aryl methyl sites for hydroxylation is 1. The summed E-state index contributed by atoms with van der Waals surface area (Å²) in [6.07, 6.45) is 1.12. The molecule has 1 aromatic rings. The van der Waals surface area contributed by atoms with Crippen LogP contribution in [-0.4, -0.2) is 33.7 Å². The Morgan fingerprint density at radius 1 is 1.35 bits per heavy atom. The van der Waals surface area contributed by atoms with Crippen molar-refractivity contribution in [3.63, 3.8) is 0 Å². The van der Waals surface area contributed by atoms with Crippen molar-refractivity contribution in [1.82, 2.24) is 0 Å². The van der Waals surface area contributed by atoms with Crippen molar-refractivity contribution >= 4 is 16.0 Å². The fourth-order valence-electron chi connectivity index (χ4n) is 2.01. The standard InChI is InChI=1S/C13H17NO5S/c1-9-2-3-11(20(14,16)17)8-12(9)13(15)19-10-4-6-18-7-5-10/h2-3,8,10H,4-7H2,1H3,(H2,14,16,17). The Bertz CT molecular complexity index is 605. The van der Waals surface area contributed by atoms with Gasteiger partial charge in [-0.25, -0.2) is 18.4 Å². The Kier molecular flexibility index (Phi) is 4.42. The Labute approximate surface area is 117 Å². The van der Waals surface area contributed by atoms with Gasteiger partial charge in [-0.15, -0.1) is 0 Å². The predicted molar refractivity (Wildman–Crippen MR) is 71.8 cm³/mol. The zero-order valence-corrected chi connectivity index (χ0v) is 12.0. The van der Waals surface area contributed by atoms with Crippen LogP contribution in [0, 0.1) is 6.92 Å². The van der Waals surface area contributed by atoms with Crippen LogP contribution >= 0.6 is 0 Å². The molecule has 1 aliphatic rings. The van der Waals surface area contributed by atoms with Gasteiger partial charge in [-0.1, -0.05) is 6.07 Å². The molecular formula is C13H17NO5S. The maximum Gasteiger partial charge on any atom is 0.338 e. The summed E-state index contributed by atoms with van der Waals surface area (Å²) in [7, 11) is -3.84. The van der Waals surface area contributed by atoms with Gasteiger partial charge in [0.05, 0.1) is 23.7 Å². The third-order valence-corrected chi connectivity index (χ3v) is 4.11. The van der Waals surface area contributed by atoms with Gasteiger partial charge in [0, 0.05) is 12.8 Å². The highest BCUT2D eigenvalue weighted by molar-refractivity contribution is 7.89. The Morgan fingerprint density at radius 2 is 2.00 bits per heavy atom. The minimum absolute atomic E-state index is 0.0953. The molecule has 0 atom stereocenters. The zero-order valence-electron chi connectivity index (χ0n) is 11.2. The van der Waals surface area contributed by atoms with E-state index in [1.165, 1.54) is 12.1 Å². The van der Waals surface area contributed by atoms with E-state index in [0.29, 0.717) is 31.6 Å². The van der Waals surface area contributed by atoms with Gasteiger partial charge < -0.3 is 9.47 Å². The first-order chi connectivity index (χ1) is 9.38. The molecule has 6 nitrogen and oxygen atoms in total. The van der Waals surface area contributed by atoms with Crippen LogP contribution in [0.1, 0.15) is 28.8 Å². The first-order valence-corrected chi connectivity index (χ1v) is 7.85. The number of rotatable bonds is 3. The number of ether oxygens (including phenoxy) is 2. The van der Waals surface area contributed by atoms with Crippen LogP contribution in [0.3, 0.4) is 0 Å². The highest BCUT2D eigenvalue weighted by atomic mass is 32.2. The lowest BCUT2D eigenvalue weighted by Crippen LogP contribution is -2.26. The third kappa shape index (κ3) is 3.56. The van der Waals surface area contributed by atoms with E-state index in [2.05, 4.69) is 0 Å². The second-order valence-corrected chi connectivity index (χ2v) is 6.30. The first-order valence-electron chi connectivity index (χ1n) is 6.30. The van der Waals surface area contributed by atoms with Crippen molar-refractivity contribution in [3.8, 4) is 0 Å². The lowest BCUT2D eigenvalue weighted by molar-refractivity contribution is -0.0159. The molecule has 0 aliphatic carbocycles. The van der Waals surface area contributed by atoms with E-state index in [-0.39, 0.29) is 16.6 Å². The molecule has 0 saturated carbocycles. The number of nitrogens with two attached hydrogens (primary N) is 1. The zero-order chi connectivity index (χ0) is 14.8. The molecule has 2 rings (SSSR count). The van der Waals surface area contributed by atoms with Gasteiger partial charge in [0.25, 0.3) is 0 Å². The fourth-order valence-corrected chi connectivity index (χ4v) is 2.55. The van der Waals surface area contributed by atoms with Gasteiger partial charge >= 0.3 is 5.97 Å². The molecule has 2 N–H and O–H groups in total. The van der Waals surface area contributed by atoms with Crippen molar-refractivity contribution in [2.75, 3.05) is 13.2 Å². The number of carbonyl (C=O) groups excluding carboxylic acids is 1.